The van der Waals surface area contributed by atoms with E-state index in [0.717, 1.165) is 25.7 Å². The molecule has 0 saturated heterocycles. The average Bonchev–Trinajstić information content (AvgIpc) is 3.02. The average molecular weight is 414 g/mol. The summed E-state index contributed by atoms with van der Waals surface area (Å²) in [6.45, 7) is 2.15. The summed E-state index contributed by atoms with van der Waals surface area (Å²) in [5.41, 5.74) is 0.712. The minimum Gasteiger partial charge on any atom is -0.308 e. The molecule has 1 heterocycles. The van der Waals surface area contributed by atoms with E-state index in [1.54, 1.807) is 12.1 Å². The van der Waals surface area contributed by atoms with E-state index in [0.29, 0.717) is 17.1 Å². The molecule has 0 spiro atoms. The first-order valence-electron chi connectivity index (χ1n) is 8.41. The molecule has 26 heavy (non-hydrogen) atoms. The third-order valence-corrected chi connectivity index (χ3v) is 5.15. The van der Waals surface area contributed by atoms with Crippen molar-refractivity contribution in [2.75, 3.05) is 5.32 Å². The van der Waals surface area contributed by atoms with Gasteiger partial charge in [0.1, 0.15) is 11.6 Å². The number of hydrogen-bond donors (Lipinski definition) is 1. The highest BCUT2D eigenvalue weighted by Gasteiger charge is 2.16. The second-order valence-corrected chi connectivity index (χ2v) is 7.02. The SMILES string of the molecule is CCCCCCCC(=O)Nc1nn(-c2ccc(Cl)c(Cl)c2Cl)cc1C#N. The van der Waals surface area contributed by atoms with Gasteiger partial charge in [-0.1, -0.05) is 67.4 Å². The van der Waals surface area contributed by atoms with E-state index in [9.17, 15) is 10.1 Å². The molecule has 8 heteroatoms. The van der Waals surface area contributed by atoms with E-state index < -0.39 is 0 Å². The normalized spacial score (nSPS) is 10.6. The predicted octanol–water partition coefficient (Wildman–Crippen LogP) is 6.00. The van der Waals surface area contributed by atoms with E-state index in [2.05, 4.69) is 17.3 Å². The van der Waals surface area contributed by atoms with E-state index in [4.69, 9.17) is 34.8 Å². The molecule has 0 aliphatic heterocycles. The standard InChI is InChI=1S/C18H19Cl3N4O/c1-2-3-4-5-6-7-15(26)23-18-12(10-22)11-25(24-18)14-9-8-13(19)16(20)17(14)21/h8-9,11H,2-7H2,1H3,(H,23,24,26). The highest BCUT2D eigenvalue weighted by molar-refractivity contribution is 6.48. The van der Waals surface area contributed by atoms with Crippen LogP contribution in [0.15, 0.2) is 18.3 Å². The first-order chi connectivity index (χ1) is 12.5. The maximum Gasteiger partial charge on any atom is 0.225 e. The van der Waals surface area contributed by atoms with Crippen molar-refractivity contribution in [3.8, 4) is 11.8 Å². The third kappa shape index (κ3) is 5.14. The summed E-state index contributed by atoms with van der Waals surface area (Å²) >= 11 is 18.2. The van der Waals surface area contributed by atoms with Crippen LogP contribution >= 0.6 is 34.8 Å². The van der Waals surface area contributed by atoms with Gasteiger partial charge in [0, 0.05) is 6.42 Å². The smallest absolute Gasteiger partial charge is 0.225 e. The zero-order valence-electron chi connectivity index (χ0n) is 14.4. The third-order valence-electron chi connectivity index (χ3n) is 3.86. The molecule has 0 saturated carbocycles. The summed E-state index contributed by atoms with van der Waals surface area (Å²) in [5, 5.41) is 17.0. The first kappa shape index (κ1) is 20.6. The van der Waals surface area contributed by atoms with Crippen LogP contribution in [0, 0.1) is 11.3 Å². The highest BCUT2D eigenvalue weighted by Crippen LogP contribution is 2.34. The second-order valence-electron chi connectivity index (χ2n) is 5.85. The number of halogens is 3. The summed E-state index contributed by atoms with van der Waals surface area (Å²) in [7, 11) is 0. The zero-order chi connectivity index (χ0) is 19.1. The van der Waals surface area contributed by atoms with Crippen molar-refractivity contribution in [1.82, 2.24) is 9.78 Å². The molecule has 1 N–H and O–H groups in total. The van der Waals surface area contributed by atoms with Crippen LogP contribution in [0.2, 0.25) is 15.1 Å². The molecule has 2 aromatic rings. The number of benzene rings is 1. The van der Waals surface area contributed by atoms with E-state index in [-0.39, 0.29) is 27.3 Å². The van der Waals surface area contributed by atoms with E-state index in [1.165, 1.54) is 17.3 Å². The van der Waals surface area contributed by atoms with Gasteiger partial charge in [-0.05, 0) is 18.6 Å². The molecule has 138 valence electrons. The van der Waals surface area contributed by atoms with Gasteiger partial charge in [0.15, 0.2) is 5.82 Å². The fraction of sp³-hybridized carbons (Fsp3) is 0.389. The van der Waals surface area contributed by atoms with Crippen LogP contribution in [0.25, 0.3) is 5.69 Å². The zero-order valence-corrected chi connectivity index (χ0v) is 16.6. The molecular formula is C18H19Cl3N4O. The van der Waals surface area contributed by atoms with E-state index in [1.807, 2.05) is 6.07 Å². The van der Waals surface area contributed by atoms with Gasteiger partial charge in [-0.25, -0.2) is 4.68 Å². The lowest BCUT2D eigenvalue weighted by Crippen LogP contribution is -2.12. The fourth-order valence-corrected chi connectivity index (χ4v) is 3.06. The number of nitriles is 1. The Kier molecular flexibility index (Phi) is 7.77. The lowest BCUT2D eigenvalue weighted by molar-refractivity contribution is -0.116. The lowest BCUT2D eigenvalue weighted by Gasteiger charge is -2.07. The monoisotopic (exact) mass is 412 g/mol. The topological polar surface area (TPSA) is 70.7 Å². The summed E-state index contributed by atoms with van der Waals surface area (Å²) in [5.74, 6) is 0.0386. The van der Waals surface area contributed by atoms with Crippen LogP contribution in [0.3, 0.4) is 0 Å². The van der Waals surface area contributed by atoms with Crippen molar-refractivity contribution in [2.45, 2.75) is 45.4 Å². The van der Waals surface area contributed by atoms with Gasteiger partial charge < -0.3 is 5.32 Å². The highest BCUT2D eigenvalue weighted by atomic mass is 35.5. The van der Waals surface area contributed by atoms with Gasteiger partial charge >= 0.3 is 0 Å². The molecule has 0 unspecified atom stereocenters. The Morgan fingerprint density at radius 3 is 2.62 bits per heavy atom. The van der Waals surface area contributed by atoms with Crippen LogP contribution in [0.4, 0.5) is 5.82 Å². The Bertz CT molecular complexity index is 827. The molecule has 0 atom stereocenters. The first-order valence-corrected chi connectivity index (χ1v) is 9.54. The minimum absolute atomic E-state index is 0.163. The molecule has 0 aliphatic carbocycles. The maximum atomic E-state index is 12.1. The Labute approximate surface area is 167 Å². The molecular weight excluding hydrogens is 395 g/mol. The predicted molar refractivity (Wildman–Crippen MR) is 105 cm³/mol. The van der Waals surface area contributed by atoms with Gasteiger partial charge in [0.2, 0.25) is 5.91 Å². The number of anilines is 1. The lowest BCUT2D eigenvalue weighted by atomic mass is 10.1. The largest absolute Gasteiger partial charge is 0.308 e. The number of carbonyl (C=O) groups is 1. The fourth-order valence-electron chi connectivity index (χ4n) is 2.45. The summed E-state index contributed by atoms with van der Waals surface area (Å²) in [6, 6.07) is 5.25. The van der Waals surface area contributed by atoms with Crippen molar-refractivity contribution in [3.05, 3.63) is 39.0 Å². The molecule has 1 amide bonds. The number of amides is 1. The van der Waals surface area contributed by atoms with Crippen molar-refractivity contribution < 1.29 is 4.79 Å². The van der Waals surface area contributed by atoms with Crippen LogP contribution in [-0.4, -0.2) is 15.7 Å². The number of nitrogens with zero attached hydrogens (tertiary/aromatic N) is 3. The van der Waals surface area contributed by atoms with Crippen LogP contribution in [0.1, 0.15) is 51.0 Å². The van der Waals surface area contributed by atoms with Crippen molar-refractivity contribution >= 4 is 46.5 Å². The van der Waals surface area contributed by atoms with Gasteiger partial charge in [-0.3, -0.25) is 4.79 Å². The van der Waals surface area contributed by atoms with Crippen LogP contribution in [0.5, 0.6) is 0 Å². The minimum atomic E-state index is -0.163. The number of unbranched alkanes of at least 4 members (excludes halogenated alkanes) is 4. The van der Waals surface area contributed by atoms with Gasteiger partial charge in [0.05, 0.1) is 27.0 Å². The molecule has 2 rings (SSSR count). The molecule has 0 aliphatic rings. The Hall–Kier alpha value is -1.74. The van der Waals surface area contributed by atoms with Gasteiger partial charge in [-0.15, -0.1) is 5.10 Å². The quantitative estimate of drug-likeness (QED) is 0.426. The number of hydrogen-bond acceptors (Lipinski definition) is 3. The molecule has 5 nitrogen and oxygen atoms in total. The second kappa shape index (κ2) is 9.82. The van der Waals surface area contributed by atoms with Gasteiger partial charge in [-0.2, -0.15) is 5.26 Å². The van der Waals surface area contributed by atoms with Crippen molar-refractivity contribution in [1.29, 1.82) is 5.26 Å². The summed E-state index contributed by atoms with van der Waals surface area (Å²) in [4.78, 5) is 12.1. The van der Waals surface area contributed by atoms with Gasteiger partial charge in [0.25, 0.3) is 0 Å². The molecule has 0 bridgehead atoms. The molecule has 0 fully saturated rings. The maximum absolute atomic E-state index is 12.1. The van der Waals surface area contributed by atoms with Crippen LogP contribution < -0.4 is 5.32 Å². The number of aromatic nitrogens is 2. The molecule has 0 radical (unpaired) electrons. The van der Waals surface area contributed by atoms with Crippen molar-refractivity contribution in [3.63, 3.8) is 0 Å². The molecule has 1 aromatic carbocycles. The Morgan fingerprint density at radius 1 is 1.19 bits per heavy atom. The molecule has 1 aromatic heterocycles. The summed E-state index contributed by atoms with van der Waals surface area (Å²) < 4.78 is 1.40. The number of nitrogens with one attached hydrogen (secondary N) is 1. The van der Waals surface area contributed by atoms with Crippen LogP contribution in [-0.2, 0) is 4.79 Å². The number of carbonyl (C=O) groups excluding carboxylic acids is 1. The number of rotatable bonds is 8. The van der Waals surface area contributed by atoms with Crippen molar-refractivity contribution in [2.24, 2.45) is 0 Å². The Morgan fingerprint density at radius 2 is 1.92 bits per heavy atom. The Balaban J connectivity index is 2.11. The van der Waals surface area contributed by atoms with E-state index >= 15 is 0 Å². The summed E-state index contributed by atoms with van der Waals surface area (Å²) in [6.07, 6.45) is 7.17.